The number of nitrogens with zero attached hydrogens (tertiary/aromatic N) is 4. The van der Waals surface area contributed by atoms with Crippen molar-refractivity contribution in [1.29, 1.82) is 0 Å². The highest BCUT2D eigenvalue weighted by Crippen LogP contribution is 2.29. The molecule has 8 nitrogen and oxygen atoms in total. The Hall–Kier alpha value is -3.07. The zero-order valence-corrected chi connectivity index (χ0v) is 16.6. The number of anilines is 1. The van der Waals surface area contributed by atoms with Gasteiger partial charge in [-0.3, -0.25) is 4.79 Å². The lowest BCUT2D eigenvalue weighted by atomic mass is 10.3. The maximum Gasteiger partial charge on any atom is 0.237 e. The van der Waals surface area contributed by atoms with E-state index in [1.165, 1.54) is 11.8 Å². The molecule has 146 valence electrons. The number of carbonyl (C=O) groups is 1. The number of rotatable bonds is 8. The van der Waals surface area contributed by atoms with Crippen molar-refractivity contribution in [1.82, 2.24) is 20.2 Å². The summed E-state index contributed by atoms with van der Waals surface area (Å²) in [6.45, 7) is 4.21. The SMILES string of the molecule is CCOc1ccccc1NC(=O)[C@@H](C)Sc1nnnn1-c1ccccc1OC. The lowest BCUT2D eigenvalue weighted by molar-refractivity contribution is -0.115. The number of aromatic nitrogens is 4. The molecule has 0 aliphatic carbocycles. The van der Waals surface area contributed by atoms with Crippen LogP contribution >= 0.6 is 11.8 Å². The van der Waals surface area contributed by atoms with Crippen molar-refractivity contribution in [2.24, 2.45) is 0 Å². The van der Waals surface area contributed by atoms with E-state index in [2.05, 4.69) is 20.8 Å². The Morgan fingerprint density at radius 2 is 1.89 bits per heavy atom. The summed E-state index contributed by atoms with van der Waals surface area (Å²) in [6.07, 6.45) is 0. The lowest BCUT2D eigenvalue weighted by Gasteiger charge is -2.15. The van der Waals surface area contributed by atoms with E-state index in [9.17, 15) is 4.79 Å². The van der Waals surface area contributed by atoms with Crippen molar-refractivity contribution in [3.05, 3.63) is 48.5 Å². The number of methoxy groups -OCH3 is 1. The summed E-state index contributed by atoms with van der Waals surface area (Å²) < 4.78 is 12.5. The van der Waals surface area contributed by atoms with Crippen molar-refractivity contribution in [2.75, 3.05) is 19.0 Å². The van der Waals surface area contributed by atoms with Crippen LogP contribution in [0.2, 0.25) is 0 Å². The summed E-state index contributed by atoms with van der Waals surface area (Å²) >= 11 is 1.26. The number of para-hydroxylation sites is 4. The van der Waals surface area contributed by atoms with Crippen LogP contribution in [0.3, 0.4) is 0 Å². The molecule has 0 bridgehead atoms. The molecular weight excluding hydrogens is 378 g/mol. The van der Waals surface area contributed by atoms with Crippen LogP contribution < -0.4 is 14.8 Å². The number of carbonyl (C=O) groups excluding carboxylic acids is 1. The first-order valence-electron chi connectivity index (χ1n) is 8.75. The van der Waals surface area contributed by atoms with E-state index >= 15 is 0 Å². The highest BCUT2D eigenvalue weighted by atomic mass is 32.2. The number of nitrogens with one attached hydrogen (secondary N) is 1. The topological polar surface area (TPSA) is 91.2 Å². The maximum absolute atomic E-state index is 12.7. The number of ether oxygens (including phenoxy) is 2. The molecule has 0 radical (unpaired) electrons. The van der Waals surface area contributed by atoms with Gasteiger partial charge in [0.2, 0.25) is 11.1 Å². The van der Waals surface area contributed by atoms with E-state index in [-0.39, 0.29) is 5.91 Å². The molecule has 1 N–H and O–H groups in total. The van der Waals surface area contributed by atoms with Crippen LogP contribution in [-0.2, 0) is 4.79 Å². The molecule has 0 saturated heterocycles. The maximum atomic E-state index is 12.7. The van der Waals surface area contributed by atoms with Gasteiger partial charge in [0.25, 0.3) is 0 Å². The fourth-order valence-corrected chi connectivity index (χ4v) is 3.31. The fraction of sp³-hybridized carbons (Fsp3) is 0.263. The van der Waals surface area contributed by atoms with Crippen LogP contribution in [0.15, 0.2) is 53.7 Å². The Morgan fingerprint density at radius 3 is 2.64 bits per heavy atom. The summed E-state index contributed by atoms with van der Waals surface area (Å²) in [7, 11) is 1.59. The van der Waals surface area contributed by atoms with E-state index in [0.717, 1.165) is 0 Å². The van der Waals surface area contributed by atoms with E-state index in [0.29, 0.717) is 34.6 Å². The minimum atomic E-state index is -0.436. The molecule has 3 aromatic rings. The second kappa shape index (κ2) is 9.23. The Balaban J connectivity index is 1.75. The standard InChI is InChI=1S/C19H21N5O3S/c1-4-27-16-11-7-5-9-14(16)20-18(25)13(2)28-19-21-22-23-24(19)15-10-6-8-12-17(15)26-3/h5-13H,4H2,1-3H3,(H,20,25)/t13-/m1/s1. The van der Waals surface area contributed by atoms with Crippen molar-refractivity contribution >= 4 is 23.4 Å². The molecule has 0 unspecified atom stereocenters. The molecule has 0 aliphatic rings. The van der Waals surface area contributed by atoms with Crippen LogP contribution in [0.25, 0.3) is 5.69 Å². The highest BCUT2D eigenvalue weighted by molar-refractivity contribution is 8.00. The van der Waals surface area contributed by atoms with Crippen molar-refractivity contribution in [3.8, 4) is 17.2 Å². The molecule has 0 aliphatic heterocycles. The van der Waals surface area contributed by atoms with Gasteiger partial charge in [0.15, 0.2) is 0 Å². The van der Waals surface area contributed by atoms with Gasteiger partial charge in [-0.25, -0.2) is 0 Å². The molecule has 0 spiro atoms. The van der Waals surface area contributed by atoms with Crippen LogP contribution in [0.5, 0.6) is 11.5 Å². The summed E-state index contributed by atoms with van der Waals surface area (Å²) in [6, 6.07) is 14.7. The molecule has 0 fully saturated rings. The summed E-state index contributed by atoms with van der Waals surface area (Å²) in [5.41, 5.74) is 1.33. The zero-order chi connectivity index (χ0) is 19.9. The number of thioether (sulfide) groups is 1. The lowest BCUT2D eigenvalue weighted by Crippen LogP contribution is -2.23. The quantitative estimate of drug-likeness (QED) is 0.582. The third-order valence-corrected chi connectivity index (χ3v) is 4.88. The predicted molar refractivity (Wildman–Crippen MR) is 107 cm³/mol. The van der Waals surface area contributed by atoms with Gasteiger partial charge in [-0.05, 0) is 48.5 Å². The van der Waals surface area contributed by atoms with Gasteiger partial charge in [0.05, 0.1) is 24.7 Å². The minimum Gasteiger partial charge on any atom is -0.494 e. The van der Waals surface area contributed by atoms with Gasteiger partial charge in [-0.15, -0.1) is 5.10 Å². The zero-order valence-electron chi connectivity index (χ0n) is 15.8. The average molecular weight is 399 g/mol. The number of tetrazole rings is 1. The first-order chi connectivity index (χ1) is 13.6. The molecule has 1 heterocycles. The molecular formula is C19H21N5O3S. The molecule has 1 aromatic heterocycles. The Kier molecular flexibility index (Phi) is 6.49. The smallest absolute Gasteiger partial charge is 0.237 e. The van der Waals surface area contributed by atoms with Gasteiger partial charge >= 0.3 is 0 Å². The summed E-state index contributed by atoms with van der Waals surface area (Å²) in [4.78, 5) is 12.7. The summed E-state index contributed by atoms with van der Waals surface area (Å²) in [5, 5.41) is 14.8. The second-order valence-corrected chi connectivity index (χ2v) is 7.03. The first kappa shape index (κ1) is 19.7. The van der Waals surface area contributed by atoms with E-state index < -0.39 is 5.25 Å². The van der Waals surface area contributed by atoms with Crippen LogP contribution in [0, 0.1) is 0 Å². The van der Waals surface area contributed by atoms with Gasteiger partial charge < -0.3 is 14.8 Å². The Morgan fingerprint density at radius 1 is 1.18 bits per heavy atom. The van der Waals surface area contributed by atoms with Crippen LogP contribution in [0.1, 0.15) is 13.8 Å². The highest BCUT2D eigenvalue weighted by Gasteiger charge is 2.21. The minimum absolute atomic E-state index is 0.174. The van der Waals surface area contributed by atoms with Gasteiger partial charge in [0.1, 0.15) is 17.2 Å². The Bertz CT molecular complexity index is 947. The fourth-order valence-electron chi connectivity index (χ4n) is 2.51. The predicted octanol–water partition coefficient (Wildman–Crippen LogP) is 3.19. The third kappa shape index (κ3) is 4.42. The molecule has 3 rings (SSSR count). The average Bonchev–Trinajstić information content (AvgIpc) is 3.17. The van der Waals surface area contributed by atoms with Crippen LogP contribution in [0.4, 0.5) is 5.69 Å². The number of hydrogen-bond donors (Lipinski definition) is 1. The van der Waals surface area contributed by atoms with Gasteiger partial charge in [0, 0.05) is 0 Å². The molecule has 1 atom stereocenters. The van der Waals surface area contributed by atoms with E-state index in [1.54, 1.807) is 24.8 Å². The Labute approximate surface area is 167 Å². The number of benzene rings is 2. The molecule has 0 saturated carbocycles. The molecule has 28 heavy (non-hydrogen) atoms. The van der Waals surface area contributed by atoms with Crippen molar-refractivity contribution in [3.63, 3.8) is 0 Å². The van der Waals surface area contributed by atoms with Crippen LogP contribution in [-0.4, -0.2) is 45.1 Å². The molecule has 9 heteroatoms. The van der Waals surface area contributed by atoms with Gasteiger partial charge in [-0.2, -0.15) is 4.68 Å². The molecule has 1 amide bonds. The van der Waals surface area contributed by atoms with E-state index in [4.69, 9.17) is 9.47 Å². The first-order valence-corrected chi connectivity index (χ1v) is 9.63. The normalized spacial score (nSPS) is 11.7. The number of hydrogen-bond acceptors (Lipinski definition) is 7. The third-order valence-electron chi connectivity index (χ3n) is 3.85. The van der Waals surface area contributed by atoms with Crippen molar-refractivity contribution < 1.29 is 14.3 Å². The summed E-state index contributed by atoms with van der Waals surface area (Å²) in [5.74, 6) is 1.10. The van der Waals surface area contributed by atoms with Gasteiger partial charge in [-0.1, -0.05) is 36.0 Å². The molecule has 2 aromatic carbocycles. The second-order valence-electron chi connectivity index (χ2n) is 5.72. The number of amides is 1. The largest absolute Gasteiger partial charge is 0.494 e. The van der Waals surface area contributed by atoms with E-state index in [1.807, 2.05) is 49.4 Å². The monoisotopic (exact) mass is 399 g/mol. The van der Waals surface area contributed by atoms with Crippen molar-refractivity contribution in [2.45, 2.75) is 24.3 Å².